The highest BCUT2D eigenvalue weighted by Crippen LogP contribution is 2.48. The van der Waals surface area contributed by atoms with Crippen LogP contribution < -0.4 is 56.5 Å². The maximum atomic E-state index is 12.4. The molecule has 0 bridgehead atoms. The molecule has 0 spiro atoms. The third kappa shape index (κ3) is 27.8. The van der Waals surface area contributed by atoms with Gasteiger partial charge in [0.1, 0.15) is 61.0 Å². The Labute approximate surface area is 831 Å². The Morgan fingerprint density at radius 1 is 0.300 bits per heavy atom. The zero-order valence-corrected chi connectivity index (χ0v) is 90.2. The summed E-state index contributed by atoms with van der Waals surface area (Å²) >= 11 is 7.05. The molecule has 20 atom stereocenters. The van der Waals surface area contributed by atoms with E-state index in [1.807, 2.05) is 13.8 Å². The van der Waals surface area contributed by atoms with Gasteiger partial charge >= 0.3 is 0 Å². The average molecular weight is 2150 g/mol. The number of nitrogens with zero attached hydrogens (tertiary/aromatic N) is 15. The molecule has 10 aromatic rings. The monoisotopic (exact) mass is 2150 g/mol. The van der Waals surface area contributed by atoms with E-state index in [9.17, 15) is 75.0 Å². The number of anilines is 5. The topological polar surface area (TPSA) is 696 Å². The van der Waals surface area contributed by atoms with Crippen LogP contribution in [-0.4, -0.2) is 398 Å². The van der Waals surface area contributed by atoms with Crippen LogP contribution in [0, 0.1) is 0 Å². The fraction of sp³-hybridized carbons (Fsp3) is 0.647. The molecule has 0 aliphatic carbocycles. The van der Waals surface area contributed by atoms with Gasteiger partial charge in [0.15, 0.2) is 113 Å². The molecule has 0 aromatic carbocycles. The summed E-state index contributed by atoms with van der Waals surface area (Å²) in [5.74, 6) is 2.85. The SMILES string of the molecule is C=P(C)(C)CC[C@H]1O[C@@H](n2c(SC)nc3c(=O)[nH]c(N)nc32)[C@H](O)[C@@H]1O.C=P(C)(C)CC[C@H]1O[C@@H](n2c(SCC)nc3c(=O)[nH]c(N)nc32)[C@H](O)[C@@H]1O.C=P(C)(C)CC[C@H]1O[C@@H](n2c(SCCC)nc3c(=O)[nH]c(N)nc32)[C@H](O)[C@@H]1O.C=P(C)(C)CC[C@H]1O[C@@H](n2c(SCCCC)nc3c(=O)[nH]c(N)nc32)[C@H](O)[C@@H]1O.C=P(C)(C)CC[C@H]1O[C@@H](n2c(SCCCCC)nc3c(=O)[nH]c(N)nc32)[C@H](O)[C@@H]1O. The minimum absolute atomic E-state index is 0.0376. The van der Waals surface area contributed by atoms with Crippen LogP contribution in [0.5, 0.6) is 0 Å². The van der Waals surface area contributed by atoms with Gasteiger partial charge in [-0.15, -0.1) is 65.9 Å². The lowest BCUT2D eigenvalue weighted by molar-refractivity contribution is -0.0400. The van der Waals surface area contributed by atoms with Crippen LogP contribution >= 0.6 is 93.2 Å². The summed E-state index contributed by atoms with van der Waals surface area (Å²) in [6, 6.07) is 0. The highest BCUT2D eigenvalue weighted by molar-refractivity contribution is 8.00. The van der Waals surface area contributed by atoms with Crippen LogP contribution in [0.2, 0.25) is 0 Å². The Morgan fingerprint density at radius 2 is 0.507 bits per heavy atom. The molecule has 5 aliphatic heterocycles. The number of nitrogens with two attached hydrogens (primary N) is 5. The molecule has 5 aliphatic rings. The highest BCUT2D eigenvalue weighted by Gasteiger charge is 2.51. The van der Waals surface area contributed by atoms with E-state index in [2.05, 4.69) is 187 Å². The number of rotatable bonds is 35. The smallest absolute Gasteiger partial charge is 0.280 e. The van der Waals surface area contributed by atoms with Crippen molar-refractivity contribution in [2.24, 2.45) is 0 Å². The number of imidazole rings is 5. The second kappa shape index (κ2) is 47.9. The number of H-pyrrole nitrogens is 5. The molecule has 15 heterocycles. The molecule has 55 heteroatoms. The van der Waals surface area contributed by atoms with Crippen LogP contribution in [0.1, 0.15) is 129 Å². The average Bonchev–Trinajstić information content (AvgIpc) is 1.62. The van der Waals surface area contributed by atoms with Gasteiger partial charge in [-0.1, -0.05) is 106 Å². The maximum Gasteiger partial charge on any atom is 0.280 e. The van der Waals surface area contributed by atoms with E-state index in [0.717, 1.165) is 86.6 Å². The number of fused-ring (bicyclic) bond motifs is 5. The fourth-order valence-electron chi connectivity index (χ4n) is 16.0. The number of aromatic amines is 5. The number of aliphatic hydroxyl groups is 10. The van der Waals surface area contributed by atoms with Crippen LogP contribution in [-0.2, 0) is 23.7 Å². The molecule has 0 radical (unpaired) electrons. The van der Waals surface area contributed by atoms with E-state index < -0.39 is 185 Å². The predicted molar refractivity (Wildman–Crippen MR) is 574 cm³/mol. The Balaban J connectivity index is 0.000000168. The quantitative estimate of drug-likeness (QED) is 0.0146. The van der Waals surface area contributed by atoms with E-state index in [-0.39, 0.29) is 85.6 Å². The molecule has 5 fully saturated rings. The lowest BCUT2D eigenvalue weighted by Gasteiger charge is -2.20. The zero-order valence-electron chi connectivity index (χ0n) is 81.7. The van der Waals surface area contributed by atoms with Crippen molar-refractivity contribution in [1.82, 2.24) is 97.6 Å². The van der Waals surface area contributed by atoms with Crippen molar-refractivity contribution in [1.29, 1.82) is 0 Å². The molecule has 15 rings (SSSR count). The van der Waals surface area contributed by atoms with Crippen molar-refractivity contribution < 1.29 is 74.7 Å². The highest BCUT2D eigenvalue weighted by atomic mass is 32.2. The summed E-state index contributed by atoms with van der Waals surface area (Å²) in [4.78, 5) is 116. The van der Waals surface area contributed by atoms with Gasteiger partial charge in [-0.05, 0) is 161 Å². The van der Waals surface area contributed by atoms with E-state index in [4.69, 9.17) is 52.4 Å². The van der Waals surface area contributed by atoms with Crippen molar-refractivity contribution in [3.8, 4) is 0 Å². The lowest BCUT2D eigenvalue weighted by Crippen LogP contribution is -2.32. The number of ether oxygens (including phenoxy) is 5. The van der Waals surface area contributed by atoms with Gasteiger partial charge in [-0.25, -0.2) is 24.9 Å². The summed E-state index contributed by atoms with van der Waals surface area (Å²) in [5.41, 5.74) is 28.1. The van der Waals surface area contributed by atoms with Gasteiger partial charge in [-0.3, -0.25) is 71.7 Å². The van der Waals surface area contributed by atoms with Crippen molar-refractivity contribution >= 4 is 210 Å². The molecule has 25 N–H and O–H groups in total. The number of unbranched alkanes of at least 4 members (excludes halogenated alkanes) is 3. The van der Waals surface area contributed by atoms with Gasteiger partial charge in [0.25, 0.3) is 27.8 Å². The summed E-state index contributed by atoms with van der Waals surface area (Å²) < 4.78 is 38.0. The molecule has 0 saturated carbocycles. The molecular weight excluding hydrogens is 2010 g/mol. The molecule has 45 nitrogen and oxygen atoms in total. The number of thioether (sulfide) groups is 5. The van der Waals surface area contributed by atoms with Crippen molar-refractivity contribution in [3.63, 3.8) is 0 Å². The Morgan fingerprint density at radius 3 is 0.714 bits per heavy atom. The summed E-state index contributed by atoms with van der Waals surface area (Å²) in [6.45, 7) is 22.9. The van der Waals surface area contributed by atoms with Crippen LogP contribution in [0.15, 0.2) is 49.8 Å². The number of nitrogen functional groups attached to an aromatic ring is 5. The number of hydrogen-bond acceptors (Lipinski definition) is 40. The van der Waals surface area contributed by atoms with Crippen molar-refractivity contribution in [3.05, 3.63) is 51.8 Å². The minimum atomic E-state index is -1.30. The van der Waals surface area contributed by atoms with E-state index in [1.54, 1.807) is 24.5 Å². The summed E-state index contributed by atoms with van der Waals surface area (Å²) in [5, 5.41) is 109. The van der Waals surface area contributed by atoms with E-state index in [0.29, 0.717) is 63.6 Å². The largest absolute Gasteiger partial charge is 0.388 e. The van der Waals surface area contributed by atoms with Gasteiger partial charge in [0, 0.05) is 17.3 Å². The first-order valence-corrected chi connectivity index (χ1v) is 66.4. The van der Waals surface area contributed by atoms with E-state index >= 15 is 0 Å². The zero-order chi connectivity index (χ0) is 103. The van der Waals surface area contributed by atoms with Crippen LogP contribution in [0.25, 0.3) is 55.8 Å². The summed E-state index contributed by atoms with van der Waals surface area (Å²) in [6.07, 6.45) is 17.7. The summed E-state index contributed by atoms with van der Waals surface area (Å²) in [7, 11) is 0. The molecule has 10 aromatic heterocycles. The van der Waals surface area contributed by atoms with E-state index in [1.165, 1.54) is 63.4 Å². The first-order valence-electron chi connectivity index (χ1n) is 46.0. The first kappa shape index (κ1) is 114. The molecule has 0 unspecified atom stereocenters. The Kier molecular flexibility index (Phi) is 38.9. The predicted octanol–water partition coefficient (Wildman–Crippen LogP) is 4.61. The molecule has 780 valence electrons. The van der Waals surface area contributed by atoms with Gasteiger partial charge < -0.3 is 103 Å². The number of aliphatic hydroxyl groups excluding tert-OH is 10. The van der Waals surface area contributed by atoms with Crippen molar-refractivity contribution in [2.45, 2.75) is 247 Å². The molecule has 140 heavy (non-hydrogen) atoms. The second-order valence-corrected chi connectivity index (χ2v) is 65.4. The molecule has 5 saturated heterocycles. The van der Waals surface area contributed by atoms with Crippen LogP contribution in [0.4, 0.5) is 29.7 Å². The Hall–Kier alpha value is -6.60. The maximum absolute atomic E-state index is 12.4. The van der Waals surface area contributed by atoms with Crippen molar-refractivity contribution in [2.75, 3.05) is 155 Å². The normalized spacial score (nSPS) is 25.6. The molecular formula is C85H140N25O20P5S5. The standard InChI is InChI=1S/C19H32N5O4PS.C18H30N5O4PS.C17H28N5O4PS.C16H26N5O4PS.C15H24N5O4PS/c1-5-6-7-10-30-19-21-12-15(22-18(20)23-16(12)27)24(19)17-14(26)13(25)11(28-17)8-9-29(2,3)4;1-5-6-9-29-18-20-11-14(21-17(19)22-15(11)26)23(18)16-13(25)12(24)10(27-16)7-8-28(2,3)4;1-5-8-28-17-19-10-13(20-16(18)21-14(10)25)22(17)15-12(24)11(23)9(26-15)6-7-27(2,3)4;1-5-27-16-18-9-12(19-15(17)20-13(9)24)21(16)14-11(23)10(22)8(25-14)6-7-26(2,3)4;1-25(2,3)6-5-7-9(21)10(22)13(24-7)20-11-8(17-15(20)26-4)12(23)19-14(16)18-11/h11,13-14,17,25-26H,2,5-10H2,1,3-4H3,(H3,20,22,23,27);10,12-13,16,24-25H,2,5-9H2,1,3-4H3,(H3,19,21,22,26);9,11-12,15,23-24H,2,5-8H2,1,3-4H3,(H3,18,20,21,25);8,10-11,14,22-23H,2,5-7H2,1,3-4H3,(H3,17,19,20,24);7,9-10,13,21-22H,1,5-6H2,2-4H3,(H3,16,18,19,23)/t11-,13-,14-,17-;10-,12-,13-,16-;9-,11-,12-,15-;8-,10-,11-,14-;7-,9-,10-,13-/m11111/s1. The third-order valence-corrected chi connectivity index (χ3v) is 35.4. The van der Waals surface area contributed by atoms with Gasteiger partial charge in [0.2, 0.25) is 29.7 Å². The number of nitrogens with one attached hydrogen (secondary N) is 5. The third-order valence-electron chi connectivity index (χ3n) is 23.3. The second-order valence-electron chi connectivity index (χ2n) is 38.7. The first-order chi connectivity index (χ1) is 65.6. The molecule has 0 amide bonds. The van der Waals surface area contributed by atoms with Gasteiger partial charge in [0.05, 0.1) is 30.5 Å². The lowest BCUT2D eigenvalue weighted by atomic mass is 10.1. The number of aromatic nitrogens is 20. The van der Waals surface area contributed by atoms with Gasteiger partial charge in [-0.2, -0.15) is 24.9 Å². The fourth-order valence-corrected chi connectivity index (χ4v) is 25.1. The van der Waals surface area contributed by atoms with Crippen LogP contribution in [0.3, 0.4) is 0 Å². The number of hydrogen-bond donors (Lipinski definition) is 20. The Bertz CT molecular complexity index is 6560. The minimum Gasteiger partial charge on any atom is -0.388 e.